The van der Waals surface area contributed by atoms with Gasteiger partial charge in [0.25, 0.3) is 0 Å². The summed E-state index contributed by atoms with van der Waals surface area (Å²) in [6.07, 6.45) is 13.5. The zero-order valence-electron chi connectivity index (χ0n) is 15.5. The first kappa shape index (κ1) is 18.6. The number of ether oxygens (including phenoxy) is 1. The van der Waals surface area contributed by atoms with Crippen molar-refractivity contribution in [1.82, 2.24) is 0 Å². The van der Waals surface area contributed by atoms with Crippen LogP contribution < -0.4 is 5.73 Å². The van der Waals surface area contributed by atoms with Crippen LogP contribution in [-0.2, 0) is 17.6 Å². The van der Waals surface area contributed by atoms with Gasteiger partial charge in [0.15, 0.2) is 0 Å². The van der Waals surface area contributed by atoms with Gasteiger partial charge in [-0.05, 0) is 79.9 Å². The first-order valence-corrected chi connectivity index (χ1v) is 9.80. The monoisotopic (exact) mass is 343 g/mol. The molecule has 1 aromatic rings. The molecule has 1 saturated carbocycles. The van der Waals surface area contributed by atoms with Crippen LogP contribution in [0.2, 0.25) is 0 Å². The van der Waals surface area contributed by atoms with Crippen molar-refractivity contribution >= 4 is 0 Å². The van der Waals surface area contributed by atoms with Crippen molar-refractivity contribution in [3.8, 4) is 0 Å². The topological polar surface area (TPSA) is 55.5 Å². The normalized spacial score (nSPS) is 29.2. The summed E-state index contributed by atoms with van der Waals surface area (Å²) in [7, 11) is 1.76. The number of methoxy groups -OCH3 is 1. The molecule has 0 saturated heterocycles. The lowest BCUT2D eigenvalue weighted by atomic mass is 9.81. The molecule has 2 aliphatic carbocycles. The largest absolute Gasteiger partial charge is 0.394 e. The molecule has 3 atom stereocenters. The third-order valence-electron chi connectivity index (χ3n) is 6.05. The fourth-order valence-corrected chi connectivity index (χ4v) is 4.44. The van der Waals surface area contributed by atoms with E-state index in [1.165, 1.54) is 36.0 Å². The molecule has 3 heteroatoms. The van der Waals surface area contributed by atoms with E-state index in [1.54, 1.807) is 7.11 Å². The van der Waals surface area contributed by atoms with Gasteiger partial charge in [-0.1, -0.05) is 30.4 Å². The van der Waals surface area contributed by atoms with E-state index in [9.17, 15) is 5.11 Å². The van der Waals surface area contributed by atoms with Crippen LogP contribution in [0.5, 0.6) is 0 Å². The molecule has 1 aromatic carbocycles. The number of rotatable bonds is 7. The standard InChI is InChI=1S/C22H33NO2/c1-25-12-4-2-3-5-17-6-7-19-14-20(9-8-18(19)13-17)21-10-11-22(23,15-21)16-24/h3,5,8-9,14,17,21,24H,2,4,6-7,10-13,15-16,23H2,1H3/b5-3+/t17-,21-,22+/m0/s1. The quantitative estimate of drug-likeness (QED) is 0.586. The van der Waals surface area contributed by atoms with Crippen LogP contribution in [-0.4, -0.2) is 31.0 Å². The van der Waals surface area contributed by atoms with Crippen LogP contribution in [0.4, 0.5) is 0 Å². The molecule has 3 N–H and O–H groups in total. The van der Waals surface area contributed by atoms with Crippen molar-refractivity contribution in [2.24, 2.45) is 11.7 Å². The fraction of sp³-hybridized carbons (Fsp3) is 0.636. The van der Waals surface area contributed by atoms with Crippen molar-refractivity contribution in [3.63, 3.8) is 0 Å². The summed E-state index contributed by atoms with van der Waals surface area (Å²) in [4.78, 5) is 0. The van der Waals surface area contributed by atoms with Gasteiger partial charge in [-0.25, -0.2) is 0 Å². The molecule has 0 spiro atoms. The smallest absolute Gasteiger partial charge is 0.0611 e. The first-order chi connectivity index (χ1) is 12.1. The molecular weight excluding hydrogens is 310 g/mol. The Morgan fingerprint density at radius 3 is 2.96 bits per heavy atom. The summed E-state index contributed by atoms with van der Waals surface area (Å²) < 4.78 is 5.10. The Morgan fingerprint density at radius 2 is 2.20 bits per heavy atom. The molecule has 0 radical (unpaired) electrons. The average Bonchev–Trinajstić information content (AvgIpc) is 3.04. The lowest BCUT2D eigenvalue weighted by Gasteiger charge is -2.25. The van der Waals surface area contributed by atoms with Gasteiger partial charge in [-0.15, -0.1) is 0 Å². The number of benzene rings is 1. The SMILES string of the molecule is COCCC/C=C/[C@H]1CCc2cc([C@H]3CC[C@](N)(CO)C3)ccc2C1. The molecule has 3 rings (SSSR count). The number of unbranched alkanes of at least 4 members (excludes halogenated alkanes) is 1. The Labute approximate surface area is 152 Å². The molecule has 25 heavy (non-hydrogen) atoms. The molecule has 1 fully saturated rings. The lowest BCUT2D eigenvalue weighted by molar-refractivity contribution is 0.196. The number of hydrogen-bond donors (Lipinski definition) is 2. The Hall–Kier alpha value is -1.16. The van der Waals surface area contributed by atoms with Crippen LogP contribution in [0, 0.1) is 5.92 Å². The predicted molar refractivity (Wildman–Crippen MR) is 103 cm³/mol. The molecule has 0 bridgehead atoms. The zero-order valence-corrected chi connectivity index (χ0v) is 15.5. The number of fused-ring (bicyclic) bond motifs is 1. The highest BCUT2D eigenvalue weighted by Crippen LogP contribution is 2.40. The van der Waals surface area contributed by atoms with E-state index in [2.05, 4.69) is 30.4 Å². The third-order valence-corrected chi connectivity index (χ3v) is 6.05. The van der Waals surface area contributed by atoms with Gasteiger partial charge in [0, 0.05) is 19.3 Å². The minimum atomic E-state index is -0.362. The summed E-state index contributed by atoms with van der Waals surface area (Å²) in [6.45, 7) is 0.953. The second-order valence-electron chi connectivity index (χ2n) is 8.05. The second-order valence-corrected chi connectivity index (χ2v) is 8.05. The Bertz CT molecular complexity index is 598. The Balaban J connectivity index is 1.58. The molecule has 3 nitrogen and oxygen atoms in total. The number of aliphatic hydroxyl groups is 1. The minimum Gasteiger partial charge on any atom is -0.394 e. The fourth-order valence-electron chi connectivity index (χ4n) is 4.44. The summed E-state index contributed by atoms with van der Waals surface area (Å²) in [5, 5.41) is 9.49. The molecule has 0 aliphatic heterocycles. The van der Waals surface area contributed by atoms with Crippen molar-refractivity contribution in [2.75, 3.05) is 20.3 Å². The van der Waals surface area contributed by atoms with Gasteiger partial charge in [-0.3, -0.25) is 0 Å². The molecule has 0 amide bonds. The number of allylic oxidation sites excluding steroid dienone is 2. The molecule has 0 heterocycles. The molecular formula is C22H33NO2. The number of aryl methyl sites for hydroxylation is 1. The van der Waals surface area contributed by atoms with Gasteiger partial charge >= 0.3 is 0 Å². The van der Waals surface area contributed by atoms with E-state index in [0.717, 1.165) is 38.7 Å². The van der Waals surface area contributed by atoms with Gasteiger partial charge in [0.05, 0.1) is 6.61 Å². The van der Waals surface area contributed by atoms with E-state index >= 15 is 0 Å². The highest BCUT2D eigenvalue weighted by atomic mass is 16.5. The predicted octanol–water partition coefficient (Wildman–Crippen LogP) is 3.73. The average molecular weight is 344 g/mol. The zero-order chi connectivity index (χ0) is 17.7. The lowest BCUT2D eigenvalue weighted by Crippen LogP contribution is -2.40. The Morgan fingerprint density at radius 1 is 1.32 bits per heavy atom. The van der Waals surface area contributed by atoms with Gasteiger partial charge in [0.1, 0.15) is 0 Å². The van der Waals surface area contributed by atoms with Crippen molar-refractivity contribution in [3.05, 3.63) is 47.0 Å². The molecule has 0 aromatic heterocycles. The molecule has 0 unspecified atom stereocenters. The summed E-state index contributed by atoms with van der Waals surface area (Å²) in [6, 6.07) is 7.06. The summed E-state index contributed by atoms with van der Waals surface area (Å²) in [5.74, 6) is 1.19. The van der Waals surface area contributed by atoms with Gasteiger partial charge in [-0.2, -0.15) is 0 Å². The minimum absolute atomic E-state index is 0.104. The maximum atomic E-state index is 9.49. The third kappa shape index (κ3) is 4.72. The van der Waals surface area contributed by atoms with Crippen LogP contribution >= 0.6 is 0 Å². The van der Waals surface area contributed by atoms with Crippen molar-refractivity contribution in [1.29, 1.82) is 0 Å². The van der Waals surface area contributed by atoms with Crippen LogP contribution in [0.3, 0.4) is 0 Å². The first-order valence-electron chi connectivity index (χ1n) is 9.80. The van der Waals surface area contributed by atoms with Crippen LogP contribution in [0.15, 0.2) is 30.4 Å². The summed E-state index contributed by atoms with van der Waals surface area (Å²) >= 11 is 0. The van der Waals surface area contributed by atoms with Crippen molar-refractivity contribution in [2.45, 2.75) is 62.8 Å². The number of aliphatic hydroxyl groups excluding tert-OH is 1. The highest BCUT2D eigenvalue weighted by Gasteiger charge is 2.36. The van der Waals surface area contributed by atoms with E-state index in [1.807, 2.05) is 0 Å². The van der Waals surface area contributed by atoms with E-state index in [0.29, 0.717) is 11.8 Å². The maximum Gasteiger partial charge on any atom is 0.0611 e. The highest BCUT2D eigenvalue weighted by molar-refractivity contribution is 5.37. The van der Waals surface area contributed by atoms with E-state index in [4.69, 9.17) is 10.5 Å². The number of hydrogen-bond acceptors (Lipinski definition) is 3. The van der Waals surface area contributed by atoms with Gasteiger partial charge in [0.2, 0.25) is 0 Å². The van der Waals surface area contributed by atoms with Crippen LogP contribution in [0.1, 0.15) is 61.1 Å². The van der Waals surface area contributed by atoms with E-state index in [-0.39, 0.29) is 12.1 Å². The van der Waals surface area contributed by atoms with Crippen molar-refractivity contribution < 1.29 is 9.84 Å². The Kier molecular flexibility index (Phi) is 6.32. The van der Waals surface area contributed by atoms with Gasteiger partial charge < -0.3 is 15.6 Å². The van der Waals surface area contributed by atoms with Crippen LogP contribution in [0.25, 0.3) is 0 Å². The molecule has 2 aliphatic rings. The second kappa shape index (κ2) is 8.48. The maximum absolute atomic E-state index is 9.49. The number of nitrogens with two attached hydrogens (primary N) is 1. The van der Waals surface area contributed by atoms with E-state index < -0.39 is 0 Å². The summed E-state index contributed by atoms with van der Waals surface area (Å²) in [5.41, 5.74) is 10.4. The molecule has 138 valence electrons.